The summed E-state index contributed by atoms with van der Waals surface area (Å²) in [7, 11) is 1.27. The maximum absolute atomic E-state index is 11.1. The van der Waals surface area contributed by atoms with Gasteiger partial charge in [0, 0.05) is 5.02 Å². The highest BCUT2D eigenvalue weighted by atomic mass is 35.5. The van der Waals surface area contributed by atoms with Gasteiger partial charge in [0.15, 0.2) is 0 Å². The second-order valence-electron chi connectivity index (χ2n) is 3.25. The molecule has 1 rings (SSSR count). The Morgan fingerprint density at radius 2 is 2.38 bits per heavy atom. The summed E-state index contributed by atoms with van der Waals surface area (Å²) in [5, 5.41) is 9.37. The zero-order valence-electron chi connectivity index (χ0n) is 8.74. The normalized spacial score (nSPS) is 11.6. The third kappa shape index (κ3) is 2.96. The summed E-state index contributed by atoms with van der Waals surface area (Å²) in [4.78, 5) is 11.1. The van der Waals surface area contributed by atoms with Crippen LogP contribution >= 0.6 is 11.6 Å². The minimum Gasteiger partial charge on any atom is -0.468 e. The van der Waals surface area contributed by atoms with Crippen LogP contribution in [0.25, 0.3) is 0 Å². The Bertz CT molecular complexity index is 440. The zero-order valence-corrected chi connectivity index (χ0v) is 9.49. The molecule has 0 unspecified atom stereocenters. The fourth-order valence-corrected chi connectivity index (χ4v) is 1.51. The van der Waals surface area contributed by atoms with Crippen LogP contribution in [0.5, 0.6) is 0 Å². The Morgan fingerprint density at radius 3 is 2.94 bits per heavy atom. The largest absolute Gasteiger partial charge is 0.468 e. The number of carbonyl (C=O) groups excluding carboxylic acids is 1. The van der Waals surface area contributed by atoms with E-state index in [0.717, 1.165) is 0 Å². The lowest BCUT2D eigenvalue weighted by Gasteiger charge is -2.10. The second-order valence-corrected chi connectivity index (χ2v) is 3.68. The van der Waals surface area contributed by atoms with E-state index in [-0.39, 0.29) is 6.42 Å². The van der Waals surface area contributed by atoms with Crippen LogP contribution in [0.2, 0.25) is 5.02 Å². The van der Waals surface area contributed by atoms with Gasteiger partial charge in [-0.05, 0) is 30.2 Å². The third-order valence-corrected chi connectivity index (χ3v) is 2.37. The van der Waals surface area contributed by atoms with Gasteiger partial charge in [0.25, 0.3) is 0 Å². The summed E-state index contributed by atoms with van der Waals surface area (Å²) < 4.78 is 4.51. The molecule has 0 radical (unpaired) electrons. The molecule has 0 saturated heterocycles. The summed E-state index contributed by atoms with van der Waals surface area (Å²) in [6, 6.07) is 6.08. The van der Waals surface area contributed by atoms with Crippen molar-refractivity contribution in [3.8, 4) is 6.07 Å². The minimum absolute atomic E-state index is 0.232. The summed E-state index contributed by atoms with van der Waals surface area (Å²) in [5.74, 6) is -0.510. The molecule has 0 fully saturated rings. The first-order chi connectivity index (χ1) is 7.58. The predicted octanol–water partition coefficient (Wildman–Crippen LogP) is 1.25. The average Bonchev–Trinajstić information content (AvgIpc) is 2.28. The van der Waals surface area contributed by atoms with E-state index in [0.29, 0.717) is 16.1 Å². The average molecular weight is 239 g/mol. The Kier molecular flexibility index (Phi) is 4.29. The number of nitriles is 1. The number of esters is 1. The monoisotopic (exact) mass is 238 g/mol. The van der Waals surface area contributed by atoms with Crippen molar-refractivity contribution in [2.24, 2.45) is 5.73 Å². The molecule has 0 aromatic heterocycles. The molecule has 1 aromatic rings. The number of rotatable bonds is 3. The molecular formula is C11H11ClN2O2. The first kappa shape index (κ1) is 12.5. The number of carbonyl (C=O) groups is 1. The molecule has 0 aliphatic heterocycles. The number of halogens is 1. The van der Waals surface area contributed by atoms with Gasteiger partial charge >= 0.3 is 5.97 Å². The SMILES string of the molecule is COC(=O)[C@@H](N)Cc1cc(Cl)ccc1C#N. The number of hydrogen-bond donors (Lipinski definition) is 1. The number of hydrogen-bond acceptors (Lipinski definition) is 4. The molecule has 1 atom stereocenters. The zero-order chi connectivity index (χ0) is 12.1. The lowest BCUT2D eigenvalue weighted by molar-refractivity contribution is -0.142. The fraction of sp³-hybridized carbons (Fsp3) is 0.273. The summed E-state index contributed by atoms with van der Waals surface area (Å²) >= 11 is 5.80. The van der Waals surface area contributed by atoms with E-state index >= 15 is 0 Å². The van der Waals surface area contributed by atoms with Gasteiger partial charge in [-0.1, -0.05) is 11.6 Å². The van der Waals surface area contributed by atoms with Gasteiger partial charge in [0.1, 0.15) is 6.04 Å². The molecule has 0 spiro atoms. The van der Waals surface area contributed by atoms with E-state index in [9.17, 15) is 4.79 Å². The Morgan fingerprint density at radius 1 is 1.69 bits per heavy atom. The van der Waals surface area contributed by atoms with Gasteiger partial charge in [-0.15, -0.1) is 0 Å². The highest BCUT2D eigenvalue weighted by molar-refractivity contribution is 6.30. The Hall–Kier alpha value is -1.57. The molecule has 16 heavy (non-hydrogen) atoms. The number of benzene rings is 1. The van der Waals surface area contributed by atoms with Gasteiger partial charge in [0.2, 0.25) is 0 Å². The number of methoxy groups -OCH3 is 1. The van der Waals surface area contributed by atoms with Crippen molar-refractivity contribution >= 4 is 17.6 Å². The first-order valence-electron chi connectivity index (χ1n) is 4.60. The molecule has 0 heterocycles. The number of ether oxygens (including phenoxy) is 1. The fourth-order valence-electron chi connectivity index (χ4n) is 1.31. The maximum Gasteiger partial charge on any atom is 0.322 e. The van der Waals surface area contributed by atoms with Gasteiger partial charge in [-0.25, -0.2) is 0 Å². The second kappa shape index (κ2) is 5.50. The lowest BCUT2D eigenvalue weighted by atomic mass is 10.0. The van der Waals surface area contributed by atoms with Crippen molar-refractivity contribution in [2.75, 3.05) is 7.11 Å². The molecule has 0 amide bonds. The molecule has 0 bridgehead atoms. The molecule has 2 N–H and O–H groups in total. The van der Waals surface area contributed by atoms with Crippen molar-refractivity contribution in [2.45, 2.75) is 12.5 Å². The van der Waals surface area contributed by atoms with Crippen molar-refractivity contribution in [1.82, 2.24) is 0 Å². The smallest absolute Gasteiger partial charge is 0.322 e. The van der Waals surface area contributed by atoms with Crippen LogP contribution in [0.4, 0.5) is 0 Å². The van der Waals surface area contributed by atoms with Gasteiger partial charge in [-0.2, -0.15) is 5.26 Å². The van der Waals surface area contributed by atoms with E-state index in [1.54, 1.807) is 18.2 Å². The Balaban J connectivity index is 2.92. The molecule has 84 valence electrons. The van der Waals surface area contributed by atoms with E-state index in [1.165, 1.54) is 7.11 Å². The highest BCUT2D eigenvalue weighted by Crippen LogP contribution is 2.17. The van der Waals surface area contributed by atoms with Crippen LogP contribution in [0.15, 0.2) is 18.2 Å². The van der Waals surface area contributed by atoms with Crippen LogP contribution < -0.4 is 5.73 Å². The summed E-state index contributed by atoms with van der Waals surface area (Å²) in [5.41, 5.74) is 6.71. The quantitative estimate of drug-likeness (QED) is 0.805. The molecule has 4 nitrogen and oxygen atoms in total. The van der Waals surface area contributed by atoms with E-state index in [1.807, 2.05) is 6.07 Å². The lowest BCUT2D eigenvalue weighted by Crippen LogP contribution is -2.33. The molecule has 5 heteroatoms. The van der Waals surface area contributed by atoms with Crippen LogP contribution in [0, 0.1) is 11.3 Å². The highest BCUT2D eigenvalue weighted by Gasteiger charge is 2.16. The van der Waals surface area contributed by atoms with Crippen molar-refractivity contribution in [1.29, 1.82) is 5.26 Å². The molecule has 0 aliphatic rings. The van der Waals surface area contributed by atoms with Crippen molar-refractivity contribution < 1.29 is 9.53 Å². The van der Waals surface area contributed by atoms with Crippen molar-refractivity contribution in [3.05, 3.63) is 34.3 Å². The molecular weight excluding hydrogens is 228 g/mol. The number of nitrogens with zero attached hydrogens (tertiary/aromatic N) is 1. The van der Waals surface area contributed by atoms with Gasteiger partial charge in [0.05, 0.1) is 18.7 Å². The molecule has 0 saturated carbocycles. The Labute approximate surface area is 98.6 Å². The topological polar surface area (TPSA) is 76.1 Å². The van der Waals surface area contributed by atoms with Crippen molar-refractivity contribution in [3.63, 3.8) is 0 Å². The van der Waals surface area contributed by atoms with Gasteiger partial charge in [-0.3, -0.25) is 4.79 Å². The van der Waals surface area contributed by atoms with E-state index in [4.69, 9.17) is 22.6 Å². The maximum atomic E-state index is 11.1. The number of nitrogens with two attached hydrogens (primary N) is 1. The summed E-state index contributed by atoms with van der Waals surface area (Å²) in [6.07, 6.45) is 0.232. The summed E-state index contributed by atoms with van der Waals surface area (Å²) in [6.45, 7) is 0. The van der Waals surface area contributed by atoms with Crippen LogP contribution in [0.3, 0.4) is 0 Å². The first-order valence-corrected chi connectivity index (χ1v) is 4.98. The van der Waals surface area contributed by atoms with E-state index < -0.39 is 12.0 Å². The van der Waals surface area contributed by atoms with Crippen LogP contribution in [-0.4, -0.2) is 19.1 Å². The predicted molar refractivity (Wildman–Crippen MR) is 59.9 cm³/mol. The third-order valence-electron chi connectivity index (χ3n) is 2.13. The van der Waals surface area contributed by atoms with E-state index in [2.05, 4.69) is 4.74 Å². The minimum atomic E-state index is -0.782. The molecule has 1 aromatic carbocycles. The standard InChI is InChI=1S/C11H11ClN2O2/c1-16-11(15)10(14)5-8-4-9(12)3-2-7(8)6-13/h2-4,10H,5,14H2,1H3/t10-/m0/s1. The van der Waals surface area contributed by atoms with Crippen LogP contribution in [0.1, 0.15) is 11.1 Å². The van der Waals surface area contributed by atoms with Gasteiger partial charge < -0.3 is 10.5 Å². The molecule has 0 aliphatic carbocycles. The van der Waals surface area contributed by atoms with Crippen LogP contribution in [-0.2, 0) is 16.0 Å².